The van der Waals surface area contributed by atoms with Gasteiger partial charge in [0, 0.05) is 6.54 Å². The molecule has 22 heavy (non-hydrogen) atoms. The fourth-order valence-electron chi connectivity index (χ4n) is 3.29. The number of ether oxygens (including phenoxy) is 1. The molecule has 0 spiro atoms. The Kier molecular flexibility index (Phi) is 3.38. The van der Waals surface area contributed by atoms with Crippen LogP contribution in [0.1, 0.15) is 46.5 Å². The van der Waals surface area contributed by atoms with Crippen LogP contribution in [0.3, 0.4) is 0 Å². The van der Waals surface area contributed by atoms with Crippen molar-refractivity contribution < 1.29 is 9.53 Å². The quantitative estimate of drug-likeness (QED) is 0.914. The van der Waals surface area contributed by atoms with E-state index in [1.807, 2.05) is 10.6 Å². The van der Waals surface area contributed by atoms with Crippen LogP contribution >= 0.6 is 0 Å². The Balaban J connectivity index is 1.57. The Morgan fingerprint density at radius 1 is 1.32 bits per heavy atom. The molecule has 0 bridgehead atoms. The van der Waals surface area contributed by atoms with Gasteiger partial charge in [0.05, 0.1) is 12.6 Å². The summed E-state index contributed by atoms with van der Waals surface area (Å²) in [6.07, 6.45) is 3.14. The van der Waals surface area contributed by atoms with Gasteiger partial charge in [-0.2, -0.15) is 0 Å². The molecule has 114 valence electrons. The van der Waals surface area contributed by atoms with Crippen molar-refractivity contribution in [3.05, 3.63) is 47.0 Å². The molecule has 1 atom stereocenters. The molecule has 2 aromatic rings. The Morgan fingerprint density at radius 3 is 3.18 bits per heavy atom. The van der Waals surface area contributed by atoms with Crippen molar-refractivity contribution in [3.8, 4) is 0 Å². The van der Waals surface area contributed by atoms with Crippen LogP contribution in [0.25, 0.3) is 0 Å². The molecule has 0 saturated carbocycles. The number of hydrogen-bond donors (Lipinski definition) is 1. The lowest BCUT2D eigenvalue weighted by Crippen LogP contribution is -2.33. The van der Waals surface area contributed by atoms with Gasteiger partial charge in [0.25, 0.3) is 5.91 Å². The van der Waals surface area contributed by atoms with Crippen LogP contribution in [0.5, 0.6) is 0 Å². The first kappa shape index (κ1) is 13.5. The summed E-state index contributed by atoms with van der Waals surface area (Å²) >= 11 is 0. The van der Waals surface area contributed by atoms with Gasteiger partial charge in [-0.3, -0.25) is 4.79 Å². The van der Waals surface area contributed by atoms with E-state index < -0.39 is 0 Å². The Hall–Kier alpha value is -2.21. The molecule has 0 fully saturated rings. The number of amides is 1. The fraction of sp³-hybridized carbons (Fsp3) is 0.438. The van der Waals surface area contributed by atoms with Gasteiger partial charge in [-0.15, -0.1) is 10.2 Å². The summed E-state index contributed by atoms with van der Waals surface area (Å²) in [6.45, 7) is 1.65. The number of nitrogens with zero attached hydrogens (tertiary/aromatic N) is 3. The molecule has 0 saturated heterocycles. The number of rotatable bonds is 2. The molecule has 6 nitrogen and oxygen atoms in total. The molecule has 0 radical (unpaired) electrons. The molecular formula is C16H18N4O2. The summed E-state index contributed by atoms with van der Waals surface area (Å²) in [5.41, 5.74) is 2.56. The SMILES string of the molecule is O=C(N[C@H]1CCCc2ccccc21)c1nnc2n1CCOC2. The van der Waals surface area contributed by atoms with Crippen LogP contribution in [0.4, 0.5) is 0 Å². The minimum atomic E-state index is -0.151. The predicted octanol–water partition coefficient (Wildman–Crippen LogP) is 1.62. The highest BCUT2D eigenvalue weighted by Gasteiger charge is 2.26. The first-order chi connectivity index (χ1) is 10.8. The summed E-state index contributed by atoms with van der Waals surface area (Å²) < 4.78 is 7.19. The number of hydrogen-bond acceptors (Lipinski definition) is 4. The van der Waals surface area contributed by atoms with Crippen molar-refractivity contribution in [1.82, 2.24) is 20.1 Å². The lowest BCUT2D eigenvalue weighted by atomic mass is 9.88. The first-order valence-corrected chi connectivity index (χ1v) is 7.71. The summed E-state index contributed by atoms with van der Waals surface area (Å²) in [5, 5.41) is 11.2. The standard InChI is InChI=1S/C16H18N4O2/c21-16(15-19-18-14-10-22-9-8-20(14)15)17-13-7-3-5-11-4-1-2-6-12(11)13/h1-2,4,6,13H,3,5,7-10H2,(H,17,21)/t13-/m0/s1. The molecule has 1 N–H and O–H groups in total. The summed E-state index contributed by atoms with van der Waals surface area (Å²) in [4.78, 5) is 12.6. The maximum atomic E-state index is 12.6. The third-order valence-corrected chi connectivity index (χ3v) is 4.40. The topological polar surface area (TPSA) is 69.0 Å². The zero-order valence-electron chi connectivity index (χ0n) is 12.3. The van der Waals surface area contributed by atoms with E-state index in [9.17, 15) is 4.79 Å². The minimum absolute atomic E-state index is 0.0604. The number of fused-ring (bicyclic) bond motifs is 2. The van der Waals surface area contributed by atoms with Crippen LogP contribution in [-0.2, 0) is 24.3 Å². The third-order valence-electron chi connectivity index (χ3n) is 4.40. The van der Waals surface area contributed by atoms with Crippen LogP contribution in [0, 0.1) is 0 Å². The summed E-state index contributed by atoms with van der Waals surface area (Å²) in [6, 6.07) is 8.39. The highest BCUT2D eigenvalue weighted by atomic mass is 16.5. The van der Waals surface area contributed by atoms with Gasteiger partial charge < -0.3 is 14.6 Å². The van der Waals surface area contributed by atoms with E-state index in [0.29, 0.717) is 25.6 Å². The maximum Gasteiger partial charge on any atom is 0.289 e. The number of nitrogens with one attached hydrogen (secondary N) is 1. The van der Waals surface area contributed by atoms with Crippen LogP contribution in [0.2, 0.25) is 0 Å². The van der Waals surface area contributed by atoms with E-state index in [1.54, 1.807) is 0 Å². The molecule has 1 aromatic carbocycles. The van der Waals surface area contributed by atoms with E-state index in [1.165, 1.54) is 11.1 Å². The van der Waals surface area contributed by atoms with Crippen LogP contribution in [-0.4, -0.2) is 27.3 Å². The molecule has 1 aromatic heterocycles. The molecule has 1 amide bonds. The molecule has 1 aliphatic heterocycles. The molecule has 0 unspecified atom stereocenters. The van der Waals surface area contributed by atoms with Gasteiger partial charge in [0.1, 0.15) is 6.61 Å². The predicted molar refractivity (Wildman–Crippen MR) is 79.3 cm³/mol. The summed E-state index contributed by atoms with van der Waals surface area (Å²) in [7, 11) is 0. The molecule has 1 aliphatic carbocycles. The van der Waals surface area contributed by atoms with Crippen molar-refractivity contribution >= 4 is 5.91 Å². The number of aromatic nitrogens is 3. The van der Waals surface area contributed by atoms with Gasteiger partial charge in [0.15, 0.2) is 5.82 Å². The molecule has 2 aliphatic rings. The van der Waals surface area contributed by atoms with Crippen LogP contribution < -0.4 is 5.32 Å². The van der Waals surface area contributed by atoms with Crippen molar-refractivity contribution in [2.45, 2.75) is 38.5 Å². The Bertz CT molecular complexity index is 710. The summed E-state index contributed by atoms with van der Waals surface area (Å²) in [5.74, 6) is 0.962. The number of aryl methyl sites for hydroxylation is 1. The normalized spacial score (nSPS) is 20.1. The minimum Gasteiger partial charge on any atom is -0.372 e. The number of carbonyl (C=O) groups excluding carboxylic acids is 1. The van der Waals surface area contributed by atoms with E-state index in [4.69, 9.17) is 4.74 Å². The van der Waals surface area contributed by atoms with Crippen molar-refractivity contribution in [2.75, 3.05) is 6.61 Å². The van der Waals surface area contributed by atoms with Gasteiger partial charge in [0.2, 0.25) is 5.82 Å². The van der Waals surface area contributed by atoms with Crippen molar-refractivity contribution in [2.24, 2.45) is 0 Å². The van der Waals surface area contributed by atoms with Crippen LogP contribution in [0.15, 0.2) is 24.3 Å². The molecule has 4 rings (SSSR count). The van der Waals surface area contributed by atoms with E-state index in [0.717, 1.165) is 25.1 Å². The zero-order valence-corrected chi connectivity index (χ0v) is 12.3. The van der Waals surface area contributed by atoms with E-state index in [2.05, 4.69) is 33.7 Å². The fourth-order valence-corrected chi connectivity index (χ4v) is 3.29. The smallest absolute Gasteiger partial charge is 0.289 e. The monoisotopic (exact) mass is 298 g/mol. The lowest BCUT2D eigenvalue weighted by Gasteiger charge is -2.26. The molecule has 6 heteroatoms. The largest absolute Gasteiger partial charge is 0.372 e. The van der Waals surface area contributed by atoms with Crippen molar-refractivity contribution in [3.63, 3.8) is 0 Å². The third kappa shape index (κ3) is 2.29. The molecular weight excluding hydrogens is 280 g/mol. The number of benzene rings is 1. The maximum absolute atomic E-state index is 12.6. The first-order valence-electron chi connectivity index (χ1n) is 7.71. The van der Waals surface area contributed by atoms with E-state index in [-0.39, 0.29) is 11.9 Å². The van der Waals surface area contributed by atoms with Crippen molar-refractivity contribution in [1.29, 1.82) is 0 Å². The zero-order chi connectivity index (χ0) is 14.9. The van der Waals surface area contributed by atoms with E-state index >= 15 is 0 Å². The van der Waals surface area contributed by atoms with Gasteiger partial charge in [-0.05, 0) is 30.4 Å². The average molecular weight is 298 g/mol. The van der Waals surface area contributed by atoms with Gasteiger partial charge in [-0.25, -0.2) is 0 Å². The second-order valence-corrected chi connectivity index (χ2v) is 5.76. The Morgan fingerprint density at radius 2 is 2.23 bits per heavy atom. The lowest BCUT2D eigenvalue weighted by molar-refractivity contribution is 0.0774. The average Bonchev–Trinajstić information content (AvgIpc) is 2.99. The van der Waals surface area contributed by atoms with Gasteiger partial charge >= 0.3 is 0 Å². The second-order valence-electron chi connectivity index (χ2n) is 5.76. The van der Waals surface area contributed by atoms with Gasteiger partial charge in [-0.1, -0.05) is 24.3 Å². The highest BCUT2D eigenvalue weighted by Crippen LogP contribution is 2.29. The second kappa shape index (κ2) is 5.53. The number of carbonyl (C=O) groups is 1. The Labute approximate surface area is 128 Å². The molecule has 2 heterocycles. The highest BCUT2D eigenvalue weighted by molar-refractivity contribution is 5.91.